The fourth-order valence-electron chi connectivity index (χ4n) is 4.04. The molecule has 0 bridgehead atoms. The lowest BCUT2D eigenvalue weighted by Gasteiger charge is -2.37. The van der Waals surface area contributed by atoms with E-state index >= 15 is 0 Å². The van der Waals surface area contributed by atoms with Crippen molar-refractivity contribution in [3.8, 4) is 0 Å². The van der Waals surface area contributed by atoms with Crippen LogP contribution in [0.5, 0.6) is 0 Å². The third-order valence-electron chi connectivity index (χ3n) is 5.58. The second-order valence-electron chi connectivity index (χ2n) is 7.56. The molecule has 4 rings (SSSR count). The number of aromatic nitrogens is 1. The molecule has 0 radical (unpaired) electrons. The standard InChI is InChI=1S/C25H26NO2/c27-24(22-12-6-2-7-13-22)28-25(16-8-3-9-17-25)23-14-18-26(19-15-23)20-21-10-4-1-5-11-21/h1-2,4-7,10-15,18-19H,3,8-9,16-17,20H2/q+1. The highest BCUT2D eigenvalue weighted by Crippen LogP contribution is 2.40. The van der Waals surface area contributed by atoms with Crippen molar-refractivity contribution >= 4 is 5.97 Å². The van der Waals surface area contributed by atoms with Crippen LogP contribution in [0.15, 0.2) is 85.2 Å². The molecule has 3 aromatic rings. The summed E-state index contributed by atoms with van der Waals surface area (Å²) in [6.07, 6.45) is 9.32. The Morgan fingerprint density at radius 3 is 2.07 bits per heavy atom. The molecule has 1 heterocycles. The van der Waals surface area contributed by atoms with Gasteiger partial charge in [0.1, 0.15) is 5.60 Å². The summed E-state index contributed by atoms with van der Waals surface area (Å²) in [5.74, 6) is -0.233. The summed E-state index contributed by atoms with van der Waals surface area (Å²) >= 11 is 0. The highest BCUT2D eigenvalue weighted by Gasteiger charge is 2.38. The molecule has 2 aromatic carbocycles. The van der Waals surface area contributed by atoms with Gasteiger partial charge < -0.3 is 4.74 Å². The fraction of sp³-hybridized carbons (Fsp3) is 0.280. The Balaban J connectivity index is 1.56. The maximum Gasteiger partial charge on any atom is 0.339 e. The number of pyridine rings is 1. The average molecular weight is 372 g/mol. The van der Waals surface area contributed by atoms with Crippen molar-refractivity contribution < 1.29 is 14.1 Å². The number of esters is 1. The van der Waals surface area contributed by atoms with E-state index in [1.165, 1.54) is 12.0 Å². The molecule has 0 N–H and O–H groups in total. The Hall–Kier alpha value is -2.94. The van der Waals surface area contributed by atoms with Crippen LogP contribution in [-0.4, -0.2) is 5.97 Å². The van der Waals surface area contributed by atoms with Gasteiger partial charge in [-0.15, -0.1) is 0 Å². The minimum atomic E-state index is -0.517. The zero-order valence-corrected chi connectivity index (χ0v) is 16.1. The molecule has 142 valence electrons. The van der Waals surface area contributed by atoms with E-state index in [2.05, 4.69) is 53.4 Å². The van der Waals surface area contributed by atoms with Gasteiger partial charge in [0.05, 0.1) is 5.56 Å². The van der Waals surface area contributed by atoms with E-state index in [1.54, 1.807) is 0 Å². The van der Waals surface area contributed by atoms with Gasteiger partial charge in [-0.1, -0.05) is 55.0 Å². The minimum Gasteiger partial charge on any atom is -0.451 e. The molecule has 3 heteroatoms. The van der Waals surface area contributed by atoms with Crippen LogP contribution >= 0.6 is 0 Å². The molecule has 1 fully saturated rings. The van der Waals surface area contributed by atoms with E-state index < -0.39 is 5.60 Å². The monoisotopic (exact) mass is 372 g/mol. The van der Waals surface area contributed by atoms with E-state index in [9.17, 15) is 4.79 Å². The van der Waals surface area contributed by atoms with Gasteiger partial charge in [0.15, 0.2) is 18.9 Å². The number of benzene rings is 2. The van der Waals surface area contributed by atoms with Gasteiger partial charge in [-0.3, -0.25) is 0 Å². The van der Waals surface area contributed by atoms with Crippen LogP contribution in [0.4, 0.5) is 0 Å². The largest absolute Gasteiger partial charge is 0.451 e. The number of carbonyl (C=O) groups is 1. The van der Waals surface area contributed by atoms with Crippen LogP contribution < -0.4 is 4.57 Å². The van der Waals surface area contributed by atoms with Crippen molar-refractivity contribution in [2.45, 2.75) is 44.2 Å². The third kappa shape index (κ3) is 4.14. The first kappa shape index (κ1) is 18.4. The van der Waals surface area contributed by atoms with Crippen molar-refractivity contribution in [3.63, 3.8) is 0 Å². The summed E-state index contributed by atoms with van der Waals surface area (Å²) in [7, 11) is 0. The van der Waals surface area contributed by atoms with Gasteiger partial charge in [-0.25, -0.2) is 9.36 Å². The third-order valence-corrected chi connectivity index (χ3v) is 5.58. The minimum absolute atomic E-state index is 0.233. The Morgan fingerprint density at radius 2 is 1.43 bits per heavy atom. The van der Waals surface area contributed by atoms with Crippen molar-refractivity contribution in [2.24, 2.45) is 0 Å². The first-order chi connectivity index (χ1) is 13.8. The number of ether oxygens (including phenoxy) is 1. The molecule has 1 aliphatic rings. The first-order valence-corrected chi connectivity index (χ1v) is 10.1. The molecule has 1 saturated carbocycles. The molecule has 0 amide bonds. The van der Waals surface area contributed by atoms with Gasteiger partial charge in [-0.05, 0) is 37.8 Å². The van der Waals surface area contributed by atoms with E-state index in [-0.39, 0.29) is 5.97 Å². The van der Waals surface area contributed by atoms with Crippen molar-refractivity contribution in [2.75, 3.05) is 0 Å². The maximum atomic E-state index is 12.8. The normalized spacial score (nSPS) is 15.7. The molecule has 0 aliphatic heterocycles. The SMILES string of the molecule is O=C(OC1(c2cc[n+](Cc3ccccc3)cc2)CCCCC1)c1ccccc1. The molecule has 3 nitrogen and oxygen atoms in total. The van der Waals surface area contributed by atoms with E-state index in [0.717, 1.165) is 37.8 Å². The molecule has 0 atom stereocenters. The summed E-state index contributed by atoms with van der Waals surface area (Å²) in [5, 5.41) is 0. The molecular formula is C25H26NO2+. The topological polar surface area (TPSA) is 30.2 Å². The van der Waals surface area contributed by atoms with E-state index in [0.29, 0.717) is 5.56 Å². The van der Waals surface area contributed by atoms with Gasteiger partial charge in [0, 0.05) is 23.3 Å². The van der Waals surface area contributed by atoms with Crippen LogP contribution in [0, 0.1) is 0 Å². The van der Waals surface area contributed by atoms with Crippen molar-refractivity contribution in [1.82, 2.24) is 0 Å². The number of rotatable bonds is 5. The summed E-state index contributed by atoms with van der Waals surface area (Å²) < 4.78 is 8.32. The fourth-order valence-corrected chi connectivity index (χ4v) is 4.04. The maximum absolute atomic E-state index is 12.8. The summed E-state index contributed by atoms with van der Waals surface area (Å²) in [5.41, 5.74) is 2.46. The molecular weight excluding hydrogens is 346 g/mol. The zero-order chi connectivity index (χ0) is 19.2. The summed E-state index contributed by atoms with van der Waals surface area (Å²) in [6.45, 7) is 0.831. The number of hydrogen-bond donors (Lipinski definition) is 0. The van der Waals surface area contributed by atoms with Crippen molar-refractivity contribution in [1.29, 1.82) is 0 Å². The van der Waals surface area contributed by atoms with Gasteiger partial charge in [0.25, 0.3) is 0 Å². The predicted octanol–water partition coefficient (Wildman–Crippen LogP) is 5.04. The van der Waals surface area contributed by atoms with Gasteiger partial charge in [-0.2, -0.15) is 0 Å². The highest BCUT2D eigenvalue weighted by molar-refractivity contribution is 5.89. The zero-order valence-electron chi connectivity index (χ0n) is 16.1. The predicted molar refractivity (Wildman–Crippen MR) is 109 cm³/mol. The lowest BCUT2D eigenvalue weighted by atomic mass is 9.79. The highest BCUT2D eigenvalue weighted by atomic mass is 16.6. The van der Waals surface area contributed by atoms with E-state index in [1.807, 2.05) is 36.4 Å². The number of hydrogen-bond acceptors (Lipinski definition) is 2. The molecule has 0 unspecified atom stereocenters. The smallest absolute Gasteiger partial charge is 0.339 e. The molecule has 28 heavy (non-hydrogen) atoms. The van der Waals surface area contributed by atoms with Crippen LogP contribution in [0.25, 0.3) is 0 Å². The van der Waals surface area contributed by atoms with Gasteiger partial charge in [0.2, 0.25) is 0 Å². The quantitative estimate of drug-likeness (QED) is 0.464. The van der Waals surface area contributed by atoms with Crippen molar-refractivity contribution in [3.05, 3.63) is 102 Å². The van der Waals surface area contributed by atoms with Crippen LogP contribution in [0.1, 0.15) is 53.6 Å². The van der Waals surface area contributed by atoms with Crippen LogP contribution in [0.2, 0.25) is 0 Å². The Kier molecular flexibility index (Phi) is 5.52. The lowest BCUT2D eigenvalue weighted by Crippen LogP contribution is -2.38. The van der Waals surface area contributed by atoms with Gasteiger partial charge >= 0.3 is 5.97 Å². The average Bonchev–Trinajstić information content (AvgIpc) is 2.76. The van der Waals surface area contributed by atoms with Crippen LogP contribution in [0.3, 0.4) is 0 Å². The Labute approximate surface area is 166 Å². The summed E-state index contributed by atoms with van der Waals surface area (Å²) in [6, 6.07) is 23.9. The Bertz CT molecular complexity index is 898. The number of carbonyl (C=O) groups excluding carboxylic acids is 1. The second kappa shape index (κ2) is 8.39. The Morgan fingerprint density at radius 1 is 0.821 bits per heavy atom. The number of nitrogens with zero attached hydrogens (tertiary/aromatic N) is 1. The molecule has 1 aliphatic carbocycles. The molecule has 1 aromatic heterocycles. The molecule has 0 saturated heterocycles. The van der Waals surface area contributed by atoms with E-state index in [4.69, 9.17) is 4.74 Å². The molecule has 0 spiro atoms. The van der Waals surface area contributed by atoms with Crippen LogP contribution in [-0.2, 0) is 16.9 Å². The lowest BCUT2D eigenvalue weighted by molar-refractivity contribution is -0.688. The summed E-state index contributed by atoms with van der Waals surface area (Å²) in [4.78, 5) is 12.8. The first-order valence-electron chi connectivity index (χ1n) is 10.1. The second-order valence-corrected chi connectivity index (χ2v) is 7.56.